The van der Waals surface area contributed by atoms with Crippen molar-refractivity contribution in [2.45, 2.75) is 18.2 Å². The zero-order chi connectivity index (χ0) is 18.7. The van der Waals surface area contributed by atoms with Gasteiger partial charge in [-0.05, 0) is 42.3 Å². The van der Waals surface area contributed by atoms with Crippen LogP contribution in [0, 0.1) is 0 Å². The summed E-state index contributed by atoms with van der Waals surface area (Å²) in [4.78, 5) is 13.4. The molecule has 1 aliphatic rings. The number of nitrogens with one attached hydrogen (secondary N) is 1. The maximum Gasteiger partial charge on any atom is 0.240 e. The lowest BCUT2D eigenvalue weighted by Crippen LogP contribution is -2.28. The van der Waals surface area contributed by atoms with Gasteiger partial charge in [0.2, 0.25) is 15.9 Å². The highest BCUT2D eigenvalue weighted by molar-refractivity contribution is 7.89. The van der Waals surface area contributed by atoms with Crippen LogP contribution in [-0.4, -0.2) is 34.0 Å². The van der Waals surface area contributed by atoms with Gasteiger partial charge in [0.1, 0.15) is 12.4 Å². The Balaban J connectivity index is 1.62. The minimum atomic E-state index is -3.65. The maximum absolute atomic E-state index is 12.5. The average molecular weight is 395 g/mol. The monoisotopic (exact) mass is 394 g/mol. The van der Waals surface area contributed by atoms with E-state index in [0.29, 0.717) is 23.7 Å². The number of para-hydroxylation sites is 1. The normalized spacial score (nSPS) is 13.5. The Kier molecular flexibility index (Phi) is 5.50. The van der Waals surface area contributed by atoms with E-state index in [1.54, 1.807) is 41.3 Å². The predicted molar refractivity (Wildman–Crippen MR) is 100 cm³/mol. The van der Waals surface area contributed by atoms with Crippen molar-refractivity contribution in [1.82, 2.24) is 4.72 Å². The van der Waals surface area contributed by atoms with Crippen molar-refractivity contribution in [3.63, 3.8) is 0 Å². The van der Waals surface area contributed by atoms with E-state index >= 15 is 0 Å². The molecule has 138 valence electrons. The smallest absolute Gasteiger partial charge is 0.240 e. The standard InChI is InChI=1S/C18H19ClN2O4S/c1-13(22)21-10-8-14-12-15(6-7-17(14)21)26(23,24)20-9-11-25-18-5-3-2-4-16(18)19/h2-7,12,20H,8-11H2,1H3. The van der Waals surface area contributed by atoms with Crippen molar-refractivity contribution in [2.24, 2.45) is 0 Å². The third-order valence-electron chi connectivity index (χ3n) is 4.13. The zero-order valence-corrected chi connectivity index (χ0v) is 15.8. The number of nitrogens with zero attached hydrogens (tertiary/aromatic N) is 1. The molecule has 0 aliphatic carbocycles. The van der Waals surface area contributed by atoms with Crippen LogP contribution in [0.25, 0.3) is 0 Å². The van der Waals surface area contributed by atoms with Crippen molar-refractivity contribution in [3.8, 4) is 5.75 Å². The Morgan fingerprint density at radius 2 is 2.04 bits per heavy atom. The van der Waals surface area contributed by atoms with Crippen LogP contribution in [0.1, 0.15) is 12.5 Å². The van der Waals surface area contributed by atoms with Gasteiger partial charge in [0.25, 0.3) is 0 Å². The molecule has 1 aliphatic heterocycles. The van der Waals surface area contributed by atoms with Gasteiger partial charge in [-0.2, -0.15) is 0 Å². The molecule has 0 fully saturated rings. The fourth-order valence-corrected chi connectivity index (χ4v) is 4.11. The van der Waals surface area contributed by atoms with Gasteiger partial charge in [-0.15, -0.1) is 0 Å². The lowest BCUT2D eigenvalue weighted by atomic mass is 10.2. The molecule has 1 heterocycles. The van der Waals surface area contributed by atoms with Crippen molar-refractivity contribution in [3.05, 3.63) is 53.1 Å². The van der Waals surface area contributed by atoms with E-state index in [9.17, 15) is 13.2 Å². The number of carbonyl (C=O) groups excluding carboxylic acids is 1. The average Bonchev–Trinajstić information content (AvgIpc) is 3.03. The Labute approximate surface area is 157 Å². The predicted octanol–water partition coefficient (Wildman–Crippen LogP) is 2.61. The number of halogens is 1. The number of hydrogen-bond acceptors (Lipinski definition) is 4. The van der Waals surface area contributed by atoms with Crippen molar-refractivity contribution >= 4 is 33.2 Å². The number of hydrogen-bond donors (Lipinski definition) is 1. The number of benzene rings is 2. The molecule has 6 nitrogen and oxygen atoms in total. The maximum atomic E-state index is 12.5. The molecule has 2 aromatic rings. The van der Waals surface area contributed by atoms with E-state index < -0.39 is 10.0 Å². The van der Waals surface area contributed by atoms with Gasteiger partial charge in [0.15, 0.2) is 0 Å². The molecule has 0 saturated heterocycles. The first kappa shape index (κ1) is 18.7. The topological polar surface area (TPSA) is 75.7 Å². The van der Waals surface area contributed by atoms with Crippen LogP contribution in [0.2, 0.25) is 5.02 Å². The molecule has 8 heteroatoms. The summed E-state index contributed by atoms with van der Waals surface area (Å²) >= 11 is 5.99. The fourth-order valence-electron chi connectivity index (χ4n) is 2.85. The molecule has 26 heavy (non-hydrogen) atoms. The van der Waals surface area contributed by atoms with E-state index in [1.807, 2.05) is 0 Å². The van der Waals surface area contributed by atoms with E-state index in [1.165, 1.54) is 13.0 Å². The minimum absolute atomic E-state index is 0.0470. The van der Waals surface area contributed by atoms with Gasteiger partial charge in [0.05, 0.1) is 9.92 Å². The minimum Gasteiger partial charge on any atom is -0.491 e. The molecular formula is C18H19ClN2O4S. The summed E-state index contributed by atoms with van der Waals surface area (Å²) in [5, 5.41) is 0.476. The quantitative estimate of drug-likeness (QED) is 0.764. The van der Waals surface area contributed by atoms with E-state index in [0.717, 1.165) is 11.3 Å². The third-order valence-corrected chi connectivity index (χ3v) is 5.90. The molecule has 0 saturated carbocycles. The number of carbonyl (C=O) groups is 1. The molecule has 0 spiro atoms. The summed E-state index contributed by atoms with van der Waals surface area (Å²) in [7, 11) is -3.65. The Bertz CT molecular complexity index is 931. The molecule has 0 unspecified atom stereocenters. The van der Waals surface area contributed by atoms with Crippen molar-refractivity contribution in [1.29, 1.82) is 0 Å². The summed E-state index contributed by atoms with van der Waals surface area (Å²) in [5.41, 5.74) is 1.63. The van der Waals surface area contributed by atoms with Gasteiger partial charge in [0, 0.05) is 25.7 Å². The second-order valence-electron chi connectivity index (χ2n) is 5.89. The van der Waals surface area contributed by atoms with E-state index in [2.05, 4.69) is 4.72 Å². The summed E-state index contributed by atoms with van der Waals surface area (Å²) in [6.07, 6.45) is 0.647. The first-order chi connectivity index (χ1) is 12.4. The Hall–Kier alpha value is -2.09. The number of sulfonamides is 1. The molecular weight excluding hydrogens is 376 g/mol. The van der Waals surface area contributed by atoms with Gasteiger partial charge in [-0.1, -0.05) is 23.7 Å². The second-order valence-corrected chi connectivity index (χ2v) is 8.06. The first-order valence-corrected chi connectivity index (χ1v) is 10.0. The van der Waals surface area contributed by atoms with Crippen LogP contribution in [0.15, 0.2) is 47.4 Å². The molecule has 0 atom stereocenters. The van der Waals surface area contributed by atoms with E-state index in [4.69, 9.17) is 16.3 Å². The highest BCUT2D eigenvalue weighted by Gasteiger charge is 2.24. The van der Waals surface area contributed by atoms with Crippen molar-refractivity contribution < 1.29 is 17.9 Å². The zero-order valence-electron chi connectivity index (χ0n) is 14.2. The summed E-state index contributed by atoms with van der Waals surface area (Å²) in [6, 6.07) is 11.8. The third kappa shape index (κ3) is 4.00. The number of anilines is 1. The first-order valence-electron chi connectivity index (χ1n) is 8.16. The van der Waals surface area contributed by atoms with Gasteiger partial charge >= 0.3 is 0 Å². The Morgan fingerprint density at radius 3 is 2.77 bits per heavy atom. The summed E-state index contributed by atoms with van der Waals surface area (Å²) in [5.74, 6) is 0.462. The molecule has 3 rings (SSSR count). The fraction of sp³-hybridized carbons (Fsp3) is 0.278. The SMILES string of the molecule is CC(=O)N1CCc2cc(S(=O)(=O)NCCOc3ccccc3Cl)ccc21. The number of rotatable bonds is 6. The highest BCUT2D eigenvalue weighted by atomic mass is 35.5. The van der Waals surface area contributed by atoms with Crippen molar-refractivity contribution in [2.75, 3.05) is 24.6 Å². The molecule has 2 aromatic carbocycles. The van der Waals surface area contributed by atoms with Crippen LogP contribution in [-0.2, 0) is 21.2 Å². The van der Waals surface area contributed by atoms with Crippen LogP contribution in [0.4, 0.5) is 5.69 Å². The van der Waals surface area contributed by atoms with Gasteiger partial charge < -0.3 is 9.64 Å². The van der Waals surface area contributed by atoms with Gasteiger partial charge in [-0.3, -0.25) is 4.79 Å². The van der Waals surface area contributed by atoms with Gasteiger partial charge in [-0.25, -0.2) is 13.1 Å². The number of amides is 1. The molecule has 0 bridgehead atoms. The lowest BCUT2D eigenvalue weighted by Gasteiger charge is -2.15. The lowest BCUT2D eigenvalue weighted by molar-refractivity contribution is -0.116. The molecule has 1 amide bonds. The number of fused-ring (bicyclic) bond motifs is 1. The van der Waals surface area contributed by atoms with E-state index in [-0.39, 0.29) is 24.0 Å². The van der Waals surface area contributed by atoms with Crippen LogP contribution < -0.4 is 14.4 Å². The molecule has 1 N–H and O–H groups in total. The summed E-state index contributed by atoms with van der Waals surface area (Å²) < 4.78 is 32.9. The number of ether oxygens (including phenoxy) is 1. The summed E-state index contributed by atoms with van der Waals surface area (Å²) in [6.45, 7) is 2.35. The Morgan fingerprint density at radius 1 is 1.27 bits per heavy atom. The molecule has 0 aromatic heterocycles. The molecule has 0 radical (unpaired) electrons. The second kappa shape index (κ2) is 7.65. The highest BCUT2D eigenvalue weighted by Crippen LogP contribution is 2.30. The largest absolute Gasteiger partial charge is 0.491 e. The van der Waals surface area contributed by atoms with Crippen LogP contribution in [0.5, 0.6) is 5.75 Å². The van der Waals surface area contributed by atoms with Crippen LogP contribution in [0.3, 0.4) is 0 Å². The van der Waals surface area contributed by atoms with Crippen LogP contribution >= 0.6 is 11.6 Å².